The topological polar surface area (TPSA) is 152 Å². The molecule has 1 saturated heterocycles. The van der Waals surface area contributed by atoms with Gasteiger partial charge in [0.15, 0.2) is 12.4 Å². The molecule has 1 aliphatic rings. The van der Waals surface area contributed by atoms with Crippen LogP contribution in [0.3, 0.4) is 0 Å². The Bertz CT molecular complexity index is 1060. The number of aliphatic hydroxyl groups is 4. The first-order chi connectivity index (χ1) is 28.8. The number of rotatable bonds is 40. The Labute approximate surface area is 359 Å². The second-order valence-corrected chi connectivity index (χ2v) is 16.6. The zero-order valence-electron chi connectivity index (χ0n) is 37.5. The van der Waals surface area contributed by atoms with Crippen molar-refractivity contribution in [2.75, 3.05) is 19.8 Å². The molecule has 1 rings (SSSR count). The van der Waals surface area contributed by atoms with Crippen LogP contribution in [0.5, 0.6) is 0 Å². The van der Waals surface area contributed by atoms with E-state index in [1.165, 1.54) is 103 Å². The van der Waals surface area contributed by atoms with E-state index in [2.05, 4.69) is 50.3 Å². The highest BCUT2D eigenvalue weighted by atomic mass is 16.7. The van der Waals surface area contributed by atoms with Gasteiger partial charge in [0, 0.05) is 12.8 Å². The maximum absolute atomic E-state index is 12.8. The molecule has 1 fully saturated rings. The molecule has 0 aliphatic carbocycles. The van der Waals surface area contributed by atoms with Gasteiger partial charge in [0.2, 0.25) is 0 Å². The van der Waals surface area contributed by atoms with Crippen molar-refractivity contribution in [2.45, 2.75) is 243 Å². The SMILES string of the molecule is CCCCC/C=C\C/C=C\C/C=C\CCCCCCCCC(=O)OC(COC(=O)CCCCCCCCCCCCCCCCC)COC1OC(CO)C(O)C(O)C1O. The van der Waals surface area contributed by atoms with Gasteiger partial charge in [0.25, 0.3) is 0 Å². The molecule has 10 nitrogen and oxygen atoms in total. The van der Waals surface area contributed by atoms with Gasteiger partial charge in [-0.3, -0.25) is 9.59 Å². The van der Waals surface area contributed by atoms with Crippen LogP contribution in [0.1, 0.15) is 206 Å². The minimum absolute atomic E-state index is 0.217. The summed E-state index contributed by atoms with van der Waals surface area (Å²) >= 11 is 0. The van der Waals surface area contributed by atoms with Crippen molar-refractivity contribution in [3.63, 3.8) is 0 Å². The predicted molar refractivity (Wildman–Crippen MR) is 238 cm³/mol. The fourth-order valence-electron chi connectivity index (χ4n) is 7.20. The lowest BCUT2D eigenvalue weighted by Crippen LogP contribution is -2.59. The van der Waals surface area contributed by atoms with Crippen molar-refractivity contribution < 1.29 is 49.0 Å². The zero-order valence-corrected chi connectivity index (χ0v) is 37.5. The first-order valence-electron chi connectivity index (χ1n) is 24.1. The molecular formula is C49H88O10. The van der Waals surface area contributed by atoms with Crippen LogP contribution in [-0.2, 0) is 28.5 Å². The zero-order chi connectivity index (χ0) is 43.0. The Balaban J connectivity index is 2.31. The predicted octanol–water partition coefficient (Wildman–Crippen LogP) is 10.7. The summed E-state index contributed by atoms with van der Waals surface area (Å²) in [7, 11) is 0. The number of esters is 2. The van der Waals surface area contributed by atoms with Crippen LogP contribution < -0.4 is 0 Å². The van der Waals surface area contributed by atoms with Crippen LogP contribution in [0, 0.1) is 0 Å². The van der Waals surface area contributed by atoms with Gasteiger partial charge >= 0.3 is 11.9 Å². The monoisotopic (exact) mass is 837 g/mol. The van der Waals surface area contributed by atoms with Crippen LogP contribution in [0.25, 0.3) is 0 Å². The molecule has 0 aromatic heterocycles. The summed E-state index contributed by atoms with van der Waals surface area (Å²) < 4.78 is 22.2. The van der Waals surface area contributed by atoms with E-state index < -0.39 is 49.4 Å². The highest BCUT2D eigenvalue weighted by Crippen LogP contribution is 2.23. The fraction of sp³-hybridized carbons (Fsp3) is 0.837. The molecule has 10 heteroatoms. The number of carbonyl (C=O) groups is 2. The summed E-state index contributed by atoms with van der Waals surface area (Å²) in [5.74, 6) is -0.814. The van der Waals surface area contributed by atoms with Crippen molar-refractivity contribution in [2.24, 2.45) is 0 Å². The molecular weight excluding hydrogens is 749 g/mol. The normalized spacial score (nSPS) is 20.3. The number of aliphatic hydroxyl groups excluding tert-OH is 4. The molecule has 0 spiro atoms. The number of unbranched alkanes of at least 4 members (excludes halogenated alkanes) is 23. The van der Waals surface area contributed by atoms with E-state index in [9.17, 15) is 30.0 Å². The van der Waals surface area contributed by atoms with Crippen molar-refractivity contribution in [1.29, 1.82) is 0 Å². The van der Waals surface area contributed by atoms with Crippen LogP contribution >= 0.6 is 0 Å². The standard InChI is InChI=1S/C49H88O10/c1-3-5-7-9-11-13-15-17-19-20-21-22-24-26-28-30-32-34-36-38-45(52)58-42(41-57-49-48(55)47(54)46(53)43(39-50)59-49)40-56-44(51)37-35-33-31-29-27-25-23-18-16-14-12-10-8-6-4-2/h11,13,17,19,21-22,42-43,46-50,53-55H,3-10,12,14-16,18,20,23-41H2,1-2H3/b13-11-,19-17-,22-21-. The van der Waals surface area contributed by atoms with E-state index in [0.29, 0.717) is 6.42 Å². The Kier molecular flexibility index (Phi) is 37.3. The molecule has 59 heavy (non-hydrogen) atoms. The maximum atomic E-state index is 12.8. The number of carbonyl (C=O) groups excluding carboxylic acids is 2. The lowest BCUT2D eigenvalue weighted by Gasteiger charge is -2.39. The van der Waals surface area contributed by atoms with Crippen molar-refractivity contribution >= 4 is 11.9 Å². The highest BCUT2D eigenvalue weighted by Gasteiger charge is 2.44. The van der Waals surface area contributed by atoms with Gasteiger partial charge in [-0.1, -0.05) is 179 Å². The second-order valence-electron chi connectivity index (χ2n) is 16.6. The molecule has 0 aromatic rings. The first kappa shape index (κ1) is 54.9. The van der Waals surface area contributed by atoms with Crippen LogP contribution in [0.4, 0.5) is 0 Å². The average molecular weight is 837 g/mol. The van der Waals surface area contributed by atoms with E-state index in [-0.39, 0.29) is 32.0 Å². The smallest absolute Gasteiger partial charge is 0.306 e. The largest absolute Gasteiger partial charge is 0.462 e. The molecule has 0 saturated carbocycles. The van der Waals surface area contributed by atoms with Crippen molar-refractivity contribution in [3.8, 4) is 0 Å². The molecule has 1 heterocycles. The Hall–Kier alpha value is -2.08. The average Bonchev–Trinajstić information content (AvgIpc) is 3.23. The minimum Gasteiger partial charge on any atom is -0.462 e. The Morgan fingerprint density at radius 1 is 0.525 bits per heavy atom. The maximum Gasteiger partial charge on any atom is 0.306 e. The quantitative estimate of drug-likeness (QED) is 0.0267. The van der Waals surface area contributed by atoms with Crippen molar-refractivity contribution in [1.82, 2.24) is 0 Å². The molecule has 0 radical (unpaired) electrons. The van der Waals surface area contributed by atoms with E-state index in [4.69, 9.17) is 18.9 Å². The summed E-state index contributed by atoms with van der Waals surface area (Å²) in [6, 6.07) is 0. The summed E-state index contributed by atoms with van der Waals surface area (Å²) in [4.78, 5) is 25.4. The highest BCUT2D eigenvalue weighted by molar-refractivity contribution is 5.70. The molecule has 6 unspecified atom stereocenters. The van der Waals surface area contributed by atoms with E-state index in [1.54, 1.807) is 0 Å². The molecule has 0 aromatic carbocycles. The summed E-state index contributed by atoms with van der Waals surface area (Å²) in [6.07, 6.45) is 38.6. The molecule has 1 aliphatic heterocycles. The van der Waals surface area contributed by atoms with Gasteiger partial charge in [-0.2, -0.15) is 0 Å². The lowest BCUT2D eigenvalue weighted by atomic mass is 9.99. The van der Waals surface area contributed by atoms with Gasteiger partial charge in [0.1, 0.15) is 31.0 Å². The van der Waals surface area contributed by atoms with Crippen LogP contribution in [-0.4, -0.2) is 89.0 Å². The molecule has 0 bridgehead atoms. The molecule has 6 atom stereocenters. The number of ether oxygens (including phenoxy) is 4. The second kappa shape index (κ2) is 40.0. The number of allylic oxidation sites excluding steroid dienone is 6. The van der Waals surface area contributed by atoms with E-state index in [1.807, 2.05) is 0 Å². The summed E-state index contributed by atoms with van der Waals surface area (Å²) in [5.41, 5.74) is 0. The fourth-order valence-corrected chi connectivity index (χ4v) is 7.20. The molecule has 344 valence electrons. The van der Waals surface area contributed by atoms with Crippen molar-refractivity contribution in [3.05, 3.63) is 36.5 Å². The Morgan fingerprint density at radius 2 is 0.949 bits per heavy atom. The van der Waals surface area contributed by atoms with Gasteiger partial charge in [0.05, 0.1) is 13.2 Å². The van der Waals surface area contributed by atoms with Gasteiger partial charge in [-0.05, 0) is 51.4 Å². The summed E-state index contributed by atoms with van der Waals surface area (Å²) in [5, 5.41) is 40.1. The first-order valence-corrected chi connectivity index (χ1v) is 24.1. The van der Waals surface area contributed by atoms with Crippen LogP contribution in [0.15, 0.2) is 36.5 Å². The lowest BCUT2D eigenvalue weighted by molar-refractivity contribution is -0.305. The van der Waals surface area contributed by atoms with E-state index >= 15 is 0 Å². The van der Waals surface area contributed by atoms with Crippen LogP contribution in [0.2, 0.25) is 0 Å². The van der Waals surface area contributed by atoms with Gasteiger partial charge in [-0.15, -0.1) is 0 Å². The third-order valence-electron chi connectivity index (χ3n) is 11.0. The third-order valence-corrected chi connectivity index (χ3v) is 11.0. The Morgan fingerprint density at radius 3 is 1.46 bits per heavy atom. The third kappa shape index (κ3) is 31.4. The van der Waals surface area contributed by atoms with E-state index in [0.717, 1.165) is 70.6 Å². The number of hydrogen-bond acceptors (Lipinski definition) is 10. The molecule has 0 amide bonds. The minimum atomic E-state index is -1.60. The van der Waals surface area contributed by atoms with Gasteiger partial charge < -0.3 is 39.4 Å². The molecule has 4 N–H and O–H groups in total. The van der Waals surface area contributed by atoms with Gasteiger partial charge in [-0.25, -0.2) is 0 Å². The number of hydrogen-bond donors (Lipinski definition) is 4. The summed E-state index contributed by atoms with van der Waals surface area (Å²) in [6.45, 7) is 3.40.